The molecular formula is C14H14ClF3N4O2. The summed E-state index contributed by atoms with van der Waals surface area (Å²) >= 11 is 5.80. The lowest BCUT2D eigenvalue weighted by Crippen LogP contribution is -2.29. The molecule has 0 saturated heterocycles. The summed E-state index contributed by atoms with van der Waals surface area (Å²) in [4.78, 5) is 12.3. The molecule has 6 nitrogen and oxygen atoms in total. The van der Waals surface area contributed by atoms with Gasteiger partial charge in [-0.25, -0.2) is 9.48 Å². The van der Waals surface area contributed by atoms with Crippen LogP contribution in [-0.2, 0) is 17.8 Å². The third-order valence-electron chi connectivity index (χ3n) is 3.18. The number of nitrogens with zero attached hydrogens (tertiary/aromatic N) is 3. The van der Waals surface area contributed by atoms with Crippen LogP contribution in [0.4, 0.5) is 13.2 Å². The smallest absolute Gasteiger partial charge is 0.390 e. The van der Waals surface area contributed by atoms with Crippen LogP contribution in [0.1, 0.15) is 6.42 Å². The van der Waals surface area contributed by atoms with E-state index in [0.29, 0.717) is 10.6 Å². The highest BCUT2D eigenvalue weighted by molar-refractivity contribution is 6.30. The van der Waals surface area contributed by atoms with Gasteiger partial charge < -0.3 is 4.74 Å². The molecule has 0 aliphatic heterocycles. The summed E-state index contributed by atoms with van der Waals surface area (Å²) in [5.74, 6) is -0.162. The minimum absolute atomic E-state index is 0.0739. The van der Waals surface area contributed by atoms with Crippen LogP contribution in [-0.4, -0.2) is 33.5 Å². The molecule has 2 rings (SSSR count). The van der Waals surface area contributed by atoms with Crippen molar-refractivity contribution in [1.82, 2.24) is 14.3 Å². The van der Waals surface area contributed by atoms with Crippen molar-refractivity contribution >= 4 is 17.5 Å². The van der Waals surface area contributed by atoms with Gasteiger partial charge in [0.05, 0.1) is 13.5 Å². The summed E-state index contributed by atoms with van der Waals surface area (Å²) in [7, 11) is 1.26. The number of rotatable bonds is 5. The summed E-state index contributed by atoms with van der Waals surface area (Å²) in [5.41, 5.74) is -0.299. The van der Waals surface area contributed by atoms with Gasteiger partial charge in [-0.3, -0.25) is 9.98 Å². The van der Waals surface area contributed by atoms with Crippen molar-refractivity contribution in [3.8, 4) is 11.4 Å². The normalized spacial score (nSPS) is 11.5. The predicted molar refractivity (Wildman–Crippen MR) is 82.3 cm³/mol. The Morgan fingerprint density at radius 3 is 2.50 bits per heavy atom. The first-order valence-electron chi connectivity index (χ1n) is 6.83. The lowest BCUT2D eigenvalue weighted by Gasteiger charge is -2.08. The Morgan fingerprint density at radius 1 is 1.33 bits per heavy atom. The Bertz CT molecular complexity index is 781. The molecule has 24 heavy (non-hydrogen) atoms. The fourth-order valence-electron chi connectivity index (χ4n) is 2.00. The Kier molecular flexibility index (Phi) is 5.33. The van der Waals surface area contributed by atoms with Crippen molar-refractivity contribution in [3.05, 3.63) is 39.8 Å². The molecule has 2 aromatic rings. The largest absolute Gasteiger partial charge is 0.483 e. The molecule has 0 saturated carbocycles. The minimum atomic E-state index is -4.40. The number of aromatic nitrogens is 3. The summed E-state index contributed by atoms with van der Waals surface area (Å²) in [6.07, 6.45) is -5.57. The van der Waals surface area contributed by atoms with Crippen molar-refractivity contribution in [3.63, 3.8) is 0 Å². The maximum absolute atomic E-state index is 12.5. The average Bonchev–Trinajstić information content (AvgIpc) is 2.81. The van der Waals surface area contributed by atoms with E-state index in [1.807, 2.05) is 0 Å². The van der Waals surface area contributed by atoms with Crippen LogP contribution in [0.15, 0.2) is 29.1 Å². The zero-order valence-electron chi connectivity index (χ0n) is 12.6. The molecule has 10 heteroatoms. The van der Waals surface area contributed by atoms with Gasteiger partial charge in [0.1, 0.15) is 6.54 Å². The summed E-state index contributed by atoms with van der Waals surface area (Å²) in [6, 6.07) is 6.21. The topological polar surface area (TPSA) is 72.9 Å². The number of ether oxygens (including phenoxy) is 1. The van der Waals surface area contributed by atoms with Crippen molar-refractivity contribution < 1.29 is 17.9 Å². The maximum Gasteiger partial charge on any atom is 0.390 e. The van der Waals surface area contributed by atoms with E-state index in [4.69, 9.17) is 17.0 Å². The number of benzene rings is 1. The van der Waals surface area contributed by atoms with E-state index < -0.39 is 24.8 Å². The second-order valence-corrected chi connectivity index (χ2v) is 5.35. The first-order valence-corrected chi connectivity index (χ1v) is 7.21. The molecule has 0 aliphatic rings. The standard InChI is InChI=1S/C14H14ClF3N4O2/c1-24-11(19)8-22-13(23)21(7-6-14(16,17)18)12(20-22)9-2-4-10(15)5-3-9/h2-5,19H,6-8H2,1H3. The van der Waals surface area contributed by atoms with E-state index in [0.717, 1.165) is 9.25 Å². The molecule has 0 unspecified atom stereocenters. The SMILES string of the molecule is COC(=N)Cn1nc(-c2ccc(Cl)cc2)n(CCC(F)(F)F)c1=O. The van der Waals surface area contributed by atoms with Crippen LogP contribution in [0.3, 0.4) is 0 Å². The van der Waals surface area contributed by atoms with Gasteiger partial charge in [-0.2, -0.15) is 13.2 Å². The van der Waals surface area contributed by atoms with Crippen molar-refractivity contribution in [2.75, 3.05) is 7.11 Å². The molecule has 0 atom stereocenters. The third-order valence-corrected chi connectivity index (χ3v) is 3.44. The number of halogens is 4. The summed E-state index contributed by atoms with van der Waals surface area (Å²) in [6.45, 7) is -0.838. The Labute approximate surface area is 139 Å². The molecule has 0 spiro atoms. The number of methoxy groups -OCH3 is 1. The van der Waals surface area contributed by atoms with E-state index in [9.17, 15) is 18.0 Å². The average molecular weight is 363 g/mol. The van der Waals surface area contributed by atoms with Crippen LogP contribution < -0.4 is 5.69 Å². The quantitative estimate of drug-likeness (QED) is 0.656. The van der Waals surface area contributed by atoms with Crippen LogP contribution >= 0.6 is 11.6 Å². The van der Waals surface area contributed by atoms with Crippen LogP contribution in [0.5, 0.6) is 0 Å². The fraction of sp³-hybridized carbons (Fsp3) is 0.357. The van der Waals surface area contributed by atoms with Crippen molar-refractivity contribution in [2.45, 2.75) is 25.7 Å². The van der Waals surface area contributed by atoms with E-state index >= 15 is 0 Å². The molecule has 0 amide bonds. The second-order valence-electron chi connectivity index (χ2n) is 4.91. The first-order chi connectivity index (χ1) is 11.2. The van der Waals surface area contributed by atoms with Gasteiger partial charge in [-0.1, -0.05) is 11.6 Å². The molecule has 1 aromatic heterocycles. The number of hydrogen-bond donors (Lipinski definition) is 1. The summed E-state index contributed by atoms with van der Waals surface area (Å²) < 4.78 is 44.0. The van der Waals surface area contributed by atoms with Crippen LogP contribution in [0.2, 0.25) is 5.02 Å². The molecular weight excluding hydrogens is 349 g/mol. The van der Waals surface area contributed by atoms with Crippen molar-refractivity contribution in [1.29, 1.82) is 5.41 Å². The van der Waals surface area contributed by atoms with E-state index in [-0.39, 0.29) is 18.3 Å². The second kappa shape index (κ2) is 7.08. The van der Waals surface area contributed by atoms with E-state index in [2.05, 4.69) is 9.84 Å². The lowest BCUT2D eigenvalue weighted by molar-refractivity contribution is -0.136. The Morgan fingerprint density at radius 2 is 1.96 bits per heavy atom. The molecule has 1 aromatic carbocycles. The highest BCUT2D eigenvalue weighted by Crippen LogP contribution is 2.23. The van der Waals surface area contributed by atoms with Gasteiger partial charge in [0.15, 0.2) is 5.82 Å². The predicted octanol–water partition coefficient (Wildman–Crippen LogP) is 2.94. The molecule has 130 valence electrons. The van der Waals surface area contributed by atoms with E-state index in [1.54, 1.807) is 24.3 Å². The van der Waals surface area contributed by atoms with Crippen LogP contribution in [0, 0.1) is 5.41 Å². The van der Waals surface area contributed by atoms with Gasteiger partial charge in [-0.15, -0.1) is 5.10 Å². The fourth-order valence-corrected chi connectivity index (χ4v) is 2.12. The van der Waals surface area contributed by atoms with Gasteiger partial charge in [0.25, 0.3) is 0 Å². The zero-order chi connectivity index (χ0) is 17.9. The van der Waals surface area contributed by atoms with Crippen LogP contribution in [0.25, 0.3) is 11.4 Å². The highest BCUT2D eigenvalue weighted by atomic mass is 35.5. The van der Waals surface area contributed by atoms with Gasteiger partial charge in [0, 0.05) is 17.1 Å². The lowest BCUT2D eigenvalue weighted by atomic mass is 10.2. The van der Waals surface area contributed by atoms with Gasteiger partial charge >= 0.3 is 11.9 Å². The first kappa shape index (κ1) is 18.1. The Balaban J connectivity index is 2.46. The monoisotopic (exact) mass is 362 g/mol. The molecule has 0 radical (unpaired) electrons. The molecule has 1 heterocycles. The number of nitrogens with one attached hydrogen (secondary N) is 1. The number of alkyl halides is 3. The highest BCUT2D eigenvalue weighted by Gasteiger charge is 2.28. The van der Waals surface area contributed by atoms with E-state index in [1.165, 1.54) is 7.11 Å². The molecule has 1 N–H and O–H groups in total. The van der Waals surface area contributed by atoms with Gasteiger partial charge in [-0.05, 0) is 24.3 Å². The third kappa shape index (κ3) is 4.38. The Hall–Kier alpha value is -2.29. The minimum Gasteiger partial charge on any atom is -0.483 e. The maximum atomic E-state index is 12.5. The molecule has 0 fully saturated rings. The molecule has 0 bridgehead atoms. The molecule has 0 aliphatic carbocycles. The van der Waals surface area contributed by atoms with Gasteiger partial charge in [0.2, 0.25) is 5.90 Å². The van der Waals surface area contributed by atoms with Crippen molar-refractivity contribution in [2.24, 2.45) is 0 Å². The summed E-state index contributed by atoms with van der Waals surface area (Å²) in [5, 5.41) is 11.9. The zero-order valence-corrected chi connectivity index (χ0v) is 13.4. The number of hydrogen-bond acceptors (Lipinski definition) is 4.